The predicted molar refractivity (Wildman–Crippen MR) is 81.1 cm³/mol. The summed E-state index contributed by atoms with van der Waals surface area (Å²) in [5.74, 6) is 0.677. The predicted octanol–water partition coefficient (Wildman–Crippen LogP) is 4.12. The van der Waals surface area contributed by atoms with Gasteiger partial charge in [-0.15, -0.1) is 0 Å². The second kappa shape index (κ2) is 6.38. The van der Waals surface area contributed by atoms with Gasteiger partial charge in [0.05, 0.1) is 0 Å². The van der Waals surface area contributed by atoms with Gasteiger partial charge in [-0.25, -0.2) is 0 Å². The van der Waals surface area contributed by atoms with Gasteiger partial charge in [0.15, 0.2) is 0 Å². The third-order valence-electron chi connectivity index (χ3n) is 4.27. The SMILES string of the molecule is CCNCC(C)(Cc1cc(C)ccc1C)C(C)C. The van der Waals surface area contributed by atoms with Crippen molar-refractivity contribution in [2.75, 3.05) is 13.1 Å². The molecule has 0 aliphatic rings. The molecule has 0 amide bonds. The largest absolute Gasteiger partial charge is 0.316 e. The molecule has 0 aromatic heterocycles. The maximum Gasteiger partial charge on any atom is 0.00107 e. The maximum atomic E-state index is 3.52. The Bertz CT molecular complexity index is 381. The van der Waals surface area contributed by atoms with Crippen LogP contribution in [0.15, 0.2) is 18.2 Å². The van der Waals surface area contributed by atoms with E-state index in [1.54, 1.807) is 0 Å². The number of hydrogen-bond acceptors (Lipinski definition) is 1. The van der Waals surface area contributed by atoms with E-state index in [0.717, 1.165) is 19.5 Å². The second-order valence-corrected chi connectivity index (χ2v) is 6.20. The molecule has 0 aliphatic heterocycles. The van der Waals surface area contributed by atoms with Gasteiger partial charge in [-0.1, -0.05) is 51.5 Å². The minimum absolute atomic E-state index is 0.328. The highest BCUT2D eigenvalue weighted by atomic mass is 14.9. The van der Waals surface area contributed by atoms with Crippen LogP contribution >= 0.6 is 0 Å². The molecule has 1 heteroatoms. The molecule has 1 unspecified atom stereocenters. The van der Waals surface area contributed by atoms with Gasteiger partial charge in [-0.05, 0) is 49.3 Å². The zero-order valence-electron chi connectivity index (χ0n) is 12.9. The second-order valence-electron chi connectivity index (χ2n) is 6.20. The molecule has 0 bridgehead atoms. The van der Waals surface area contributed by atoms with Gasteiger partial charge in [-0.2, -0.15) is 0 Å². The molecule has 1 atom stereocenters. The monoisotopic (exact) mass is 247 g/mol. The molecular weight excluding hydrogens is 218 g/mol. The summed E-state index contributed by atoms with van der Waals surface area (Å²) in [6.07, 6.45) is 1.16. The standard InChI is InChI=1S/C17H29N/c1-7-18-12-17(6,13(2)3)11-16-10-14(4)8-9-15(16)5/h8-10,13,18H,7,11-12H2,1-6H3. The number of hydrogen-bond donors (Lipinski definition) is 1. The summed E-state index contributed by atoms with van der Waals surface area (Å²) in [6, 6.07) is 6.80. The Balaban J connectivity index is 2.92. The van der Waals surface area contributed by atoms with Gasteiger partial charge in [0, 0.05) is 6.54 Å². The van der Waals surface area contributed by atoms with Crippen molar-refractivity contribution in [2.24, 2.45) is 11.3 Å². The Labute approximate surface area is 113 Å². The maximum absolute atomic E-state index is 3.52. The molecule has 18 heavy (non-hydrogen) atoms. The molecule has 0 aliphatic carbocycles. The van der Waals surface area contributed by atoms with Crippen molar-refractivity contribution < 1.29 is 0 Å². The molecule has 0 heterocycles. The first-order chi connectivity index (χ1) is 8.39. The van der Waals surface area contributed by atoms with E-state index in [1.807, 2.05) is 0 Å². The lowest BCUT2D eigenvalue weighted by atomic mass is 9.73. The van der Waals surface area contributed by atoms with E-state index in [0.29, 0.717) is 11.3 Å². The van der Waals surface area contributed by atoms with Crippen molar-refractivity contribution in [2.45, 2.75) is 48.0 Å². The van der Waals surface area contributed by atoms with E-state index in [9.17, 15) is 0 Å². The number of nitrogens with one attached hydrogen (secondary N) is 1. The summed E-state index contributed by atoms with van der Waals surface area (Å²) < 4.78 is 0. The van der Waals surface area contributed by atoms with Crippen molar-refractivity contribution >= 4 is 0 Å². The third-order valence-corrected chi connectivity index (χ3v) is 4.27. The van der Waals surface area contributed by atoms with Crippen molar-refractivity contribution in [1.82, 2.24) is 5.32 Å². The lowest BCUT2D eigenvalue weighted by Gasteiger charge is -2.35. The van der Waals surface area contributed by atoms with Crippen LogP contribution in [0, 0.1) is 25.2 Å². The lowest BCUT2D eigenvalue weighted by Crippen LogP contribution is -2.38. The fraction of sp³-hybridized carbons (Fsp3) is 0.647. The van der Waals surface area contributed by atoms with E-state index in [4.69, 9.17) is 0 Å². The summed E-state index contributed by atoms with van der Waals surface area (Å²) in [5, 5.41) is 3.52. The first-order valence-electron chi connectivity index (χ1n) is 7.16. The van der Waals surface area contributed by atoms with Crippen molar-refractivity contribution in [3.63, 3.8) is 0 Å². The zero-order valence-corrected chi connectivity index (χ0v) is 12.9. The van der Waals surface area contributed by atoms with Crippen LogP contribution in [0.2, 0.25) is 0 Å². The molecule has 102 valence electrons. The zero-order chi connectivity index (χ0) is 13.8. The lowest BCUT2D eigenvalue weighted by molar-refractivity contribution is 0.208. The van der Waals surface area contributed by atoms with Gasteiger partial charge in [0.2, 0.25) is 0 Å². The molecule has 0 spiro atoms. The van der Waals surface area contributed by atoms with Gasteiger partial charge in [0.1, 0.15) is 0 Å². The average Bonchev–Trinajstić information content (AvgIpc) is 2.31. The first-order valence-corrected chi connectivity index (χ1v) is 7.16. The van der Waals surface area contributed by atoms with Crippen molar-refractivity contribution in [3.05, 3.63) is 34.9 Å². The number of aryl methyl sites for hydroxylation is 2. The highest BCUT2D eigenvalue weighted by molar-refractivity contribution is 5.31. The summed E-state index contributed by atoms with van der Waals surface area (Å²) in [5.41, 5.74) is 4.62. The summed E-state index contributed by atoms with van der Waals surface area (Å²) >= 11 is 0. The summed E-state index contributed by atoms with van der Waals surface area (Å²) in [4.78, 5) is 0. The minimum atomic E-state index is 0.328. The average molecular weight is 247 g/mol. The Kier molecular flexibility index (Phi) is 5.40. The Morgan fingerprint density at radius 3 is 2.44 bits per heavy atom. The summed E-state index contributed by atoms with van der Waals surface area (Å²) in [7, 11) is 0. The van der Waals surface area contributed by atoms with Crippen LogP contribution in [0.25, 0.3) is 0 Å². The van der Waals surface area contributed by atoms with Crippen LogP contribution in [-0.2, 0) is 6.42 Å². The molecule has 1 N–H and O–H groups in total. The fourth-order valence-corrected chi connectivity index (χ4v) is 2.31. The Hall–Kier alpha value is -0.820. The highest BCUT2D eigenvalue weighted by Gasteiger charge is 2.28. The fourth-order valence-electron chi connectivity index (χ4n) is 2.31. The Morgan fingerprint density at radius 2 is 1.89 bits per heavy atom. The topological polar surface area (TPSA) is 12.0 Å². The van der Waals surface area contributed by atoms with E-state index in [-0.39, 0.29) is 0 Å². The van der Waals surface area contributed by atoms with Crippen LogP contribution in [0.3, 0.4) is 0 Å². The van der Waals surface area contributed by atoms with Crippen LogP contribution in [-0.4, -0.2) is 13.1 Å². The molecule has 1 rings (SSSR count). The van der Waals surface area contributed by atoms with Crippen LogP contribution in [0.4, 0.5) is 0 Å². The van der Waals surface area contributed by atoms with Crippen LogP contribution < -0.4 is 5.32 Å². The molecule has 0 radical (unpaired) electrons. The third kappa shape index (κ3) is 3.84. The van der Waals surface area contributed by atoms with Crippen LogP contribution in [0.1, 0.15) is 44.4 Å². The number of rotatable bonds is 6. The van der Waals surface area contributed by atoms with Crippen molar-refractivity contribution in [1.29, 1.82) is 0 Å². The molecule has 1 aromatic rings. The van der Waals surface area contributed by atoms with E-state index in [2.05, 4.69) is 65.1 Å². The molecule has 1 nitrogen and oxygen atoms in total. The Morgan fingerprint density at radius 1 is 1.22 bits per heavy atom. The van der Waals surface area contributed by atoms with Gasteiger partial charge < -0.3 is 5.32 Å². The normalized spacial score (nSPS) is 14.8. The quantitative estimate of drug-likeness (QED) is 0.797. The van der Waals surface area contributed by atoms with Crippen LogP contribution in [0.5, 0.6) is 0 Å². The van der Waals surface area contributed by atoms with Gasteiger partial charge >= 0.3 is 0 Å². The molecule has 1 aromatic carbocycles. The first kappa shape index (κ1) is 15.2. The van der Waals surface area contributed by atoms with Gasteiger partial charge in [0.25, 0.3) is 0 Å². The summed E-state index contributed by atoms with van der Waals surface area (Å²) in [6.45, 7) is 15.8. The molecular formula is C17H29N. The van der Waals surface area contributed by atoms with E-state index in [1.165, 1.54) is 16.7 Å². The van der Waals surface area contributed by atoms with Gasteiger partial charge in [-0.3, -0.25) is 0 Å². The number of benzene rings is 1. The molecule has 0 saturated heterocycles. The minimum Gasteiger partial charge on any atom is -0.316 e. The van der Waals surface area contributed by atoms with E-state index < -0.39 is 0 Å². The van der Waals surface area contributed by atoms with E-state index >= 15 is 0 Å². The van der Waals surface area contributed by atoms with Crippen molar-refractivity contribution in [3.8, 4) is 0 Å². The highest BCUT2D eigenvalue weighted by Crippen LogP contribution is 2.32. The molecule has 0 fully saturated rings. The smallest absolute Gasteiger partial charge is 0.00107 e. The molecule has 0 saturated carbocycles.